The molecule has 3 N–H and O–H groups in total. The molecule has 0 bridgehead atoms. The number of hydrogen-bond donors (Lipinski definition) is 2. The highest BCUT2D eigenvalue weighted by Gasteiger charge is 2.16. The first kappa shape index (κ1) is 11.7. The molecule has 0 heterocycles. The molecule has 1 rings (SSSR count). The molecule has 0 saturated heterocycles. The zero-order valence-corrected chi connectivity index (χ0v) is 9.29. The molecule has 3 nitrogen and oxygen atoms in total. The third-order valence-electron chi connectivity index (χ3n) is 2.50. The van der Waals surface area contributed by atoms with E-state index in [1.165, 1.54) is 0 Å². The number of benzene rings is 1. The first-order valence-corrected chi connectivity index (χ1v) is 5.17. The first-order chi connectivity index (χ1) is 7.05. The molecular weight excluding hydrogens is 188 g/mol. The van der Waals surface area contributed by atoms with Gasteiger partial charge in [0.05, 0.1) is 0 Å². The maximum Gasteiger partial charge on any atom is 0.251 e. The van der Waals surface area contributed by atoms with Gasteiger partial charge in [-0.05, 0) is 25.5 Å². The molecule has 1 atom stereocenters. The van der Waals surface area contributed by atoms with Gasteiger partial charge in [0.15, 0.2) is 0 Å². The van der Waals surface area contributed by atoms with Crippen LogP contribution in [0.5, 0.6) is 0 Å². The second-order valence-corrected chi connectivity index (χ2v) is 4.06. The second-order valence-electron chi connectivity index (χ2n) is 4.06. The van der Waals surface area contributed by atoms with Crippen molar-refractivity contribution < 1.29 is 4.79 Å². The van der Waals surface area contributed by atoms with Gasteiger partial charge in [-0.2, -0.15) is 0 Å². The predicted molar refractivity (Wildman–Crippen MR) is 61.7 cm³/mol. The van der Waals surface area contributed by atoms with Crippen LogP contribution in [0.1, 0.15) is 30.6 Å². The first-order valence-electron chi connectivity index (χ1n) is 5.17. The fourth-order valence-electron chi connectivity index (χ4n) is 1.10. The lowest BCUT2D eigenvalue weighted by atomic mass is 10.0. The van der Waals surface area contributed by atoms with Crippen LogP contribution in [0, 0.1) is 0 Å². The molecular formula is C12H18N2O. The third-order valence-corrected chi connectivity index (χ3v) is 2.50. The van der Waals surface area contributed by atoms with Crippen LogP contribution in [0.15, 0.2) is 30.3 Å². The number of carbonyl (C=O) groups excluding carboxylic acids is 1. The minimum Gasteiger partial charge on any atom is -0.350 e. The fourth-order valence-corrected chi connectivity index (χ4v) is 1.10. The minimum absolute atomic E-state index is 0.0688. The monoisotopic (exact) mass is 206 g/mol. The molecule has 0 aliphatic heterocycles. The van der Waals surface area contributed by atoms with Gasteiger partial charge in [-0.1, -0.05) is 25.1 Å². The summed E-state index contributed by atoms with van der Waals surface area (Å²) in [5, 5.41) is 2.83. The summed E-state index contributed by atoms with van der Waals surface area (Å²) in [6, 6.07) is 9.15. The lowest BCUT2D eigenvalue weighted by molar-refractivity contribution is 0.0944. The lowest BCUT2D eigenvalue weighted by Crippen LogP contribution is -2.47. The summed E-state index contributed by atoms with van der Waals surface area (Å²) >= 11 is 0. The highest BCUT2D eigenvalue weighted by molar-refractivity contribution is 5.94. The molecule has 15 heavy (non-hydrogen) atoms. The number of amides is 1. The molecule has 0 aromatic heterocycles. The van der Waals surface area contributed by atoms with E-state index in [1.54, 1.807) is 12.1 Å². The molecule has 0 aliphatic rings. The number of nitrogens with two attached hydrogens (primary N) is 1. The van der Waals surface area contributed by atoms with E-state index in [1.807, 2.05) is 32.0 Å². The Bertz CT molecular complexity index is 320. The predicted octanol–water partition coefficient (Wildman–Crippen LogP) is 1.54. The van der Waals surface area contributed by atoms with Gasteiger partial charge in [-0.3, -0.25) is 4.79 Å². The summed E-state index contributed by atoms with van der Waals surface area (Å²) in [6.07, 6.45) is 0.835. The van der Waals surface area contributed by atoms with Crippen LogP contribution in [-0.2, 0) is 0 Å². The Hall–Kier alpha value is -1.35. The number of carbonyl (C=O) groups is 1. The SMILES string of the molecule is CC[C@@](C)(N)CNC(=O)c1ccccc1. The number of hydrogen-bond acceptors (Lipinski definition) is 2. The zero-order chi connectivity index (χ0) is 11.3. The van der Waals surface area contributed by atoms with Gasteiger partial charge in [0.1, 0.15) is 0 Å². The largest absolute Gasteiger partial charge is 0.350 e. The van der Waals surface area contributed by atoms with Crippen molar-refractivity contribution in [3.05, 3.63) is 35.9 Å². The molecule has 0 spiro atoms. The molecule has 0 aliphatic carbocycles. The van der Waals surface area contributed by atoms with Gasteiger partial charge in [0.25, 0.3) is 5.91 Å². The van der Waals surface area contributed by atoms with Crippen molar-refractivity contribution in [2.75, 3.05) is 6.54 Å². The zero-order valence-electron chi connectivity index (χ0n) is 9.29. The molecule has 1 aromatic rings. The van der Waals surface area contributed by atoms with E-state index in [0.29, 0.717) is 12.1 Å². The van der Waals surface area contributed by atoms with Crippen LogP contribution in [-0.4, -0.2) is 18.0 Å². The van der Waals surface area contributed by atoms with Gasteiger partial charge in [-0.15, -0.1) is 0 Å². The third kappa shape index (κ3) is 3.72. The van der Waals surface area contributed by atoms with E-state index in [9.17, 15) is 4.79 Å². The van der Waals surface area contributed by atoms with E-state index in [0.717, 1.165) is 6.42 Å². The minimum atomic E-state index is -0.329. The Kier molecular flexibility index (Phi) is 3.86. The normalized spacial score (nSPS) is 14.3. The summed E-state index contributed by atoms with van der Waals surface area (Å²) < 4.78 is 0. The molecule has 1 aromatic carbocycles. The Balaban J connectivity index is 2.51. The van der Waals surface area contributed by atoms with Crippen LogP contribution in [0.2, 0.25) is 0 Å². The number of rotatable bonds is 4. The van der Waals surface area contributed by atoms with Gasteiger partial charge >= 0.3 is 0 Å². The standard InChI is InChI=1S/C12H18N2O/c1-3-12(2,13)9-14-11(15)10-7-5-4-6-8-10/h4-8H,3,9,13H2,1-2H3,(H,14,15)/t12-/m1/s1. The van der Waals surface area contributed by atoms with Crippen molar-refractivity contribution in [1.29, 1.82) is 0 Å². The highest BCUT2D eigenvalue weighted by Crippen LogP contribution is 2.03. The fraction of sp³-hybridized carbons (Fsp3) is 0.417. The summed E-state index contributed by atoms with van der Waals surface area (Å²) in [4.78, 5) is 11.6. The van der Waals surface area contributed by atoms with Crippen molar-refractivity contribution in [3.8, 4) is 0 Å². The summed E-state index contributed by atoms with van der Waals surface area (Å²) in [5.41, 5.74) is 6.27. The topological polar surface area (TPSA) is 55.1 Å². The second kappa shape index (κ2) is 4.94. The van der Waals surface area contributed by atoms with Crippen molar-refractivity contribution in [2.24, 2.45) is 5.73 Å². The van der Waals surface area contributed by atoms with Crippen molar-refractivity contribution in [1.82, 2.24) is 5.32 Å². The Morgan fingerprint density at radius 1 is 1.40 bits per heavy atom. The average molecular weight is 206 g/mol. The van der Waals surface area contributed by atoms with Gasteiger partial charge in [0.2, 0.25) is 0 Å². The molecule has 1 amide bonds. The molecule has 3 heteroatoms. The summed E-state index contributed by atoms with van der Waals surface area (Å²) in [6.45, 7) is 4.43. The maximum atomic E-state index is 11.6. The molecule has 0 fully saturated rings. The summed E-state index contributed by atoms with van der Waals surface area (Å²) in [5.74, 6) is -0.0688. The van der Waals surface area contributed by atoms with Crippen molar-refractivity contribution >= 4 is 5.91 Å². The highest BCUT2D eigenvalue weighted by atomic mass is 16.1. The van der Waals surface area contributed by atoms with Crippen LogP contribution in [0.3, 0.4) is 0 Å². The Morgan fingerprint density at radius 2 is 2.00 bits per heavy atom. The van der Waals surface area contributed by atoms with Gasteiger partial charge < -0.3 is 11.1 Å². The number of nitrogens with one attached hydrogen (secondary N) is 1. The average Bonchev–Trinajstić information content (AvgIpc) is 2.27. The van der Waals surface area contributed by atoms with Crippen LogP contribution in [0.25, 0.3) is 0 Å². The summed E-state index contributed by atoms with van der Waals surface area (Å²) in [7, 11) is 0. The molecule has 82 valence electrons. The molecule has 0 unspecified atom stereocenters. The van der Waals surface area contributed by atoms with Crippen LogP contribution in [0.4, 0.5) is 0 Å². The Labute approximate surface area is 90.7 Å². The van der Waals surface area contributed by atoms with Crippen molar-refractivity contribution in [2.45, 2.75) is 25.8 Å². The van der Waals surface area contributed by atoms with Gasteiger partial charge in [-0.25, -0.2) is 0 Å². The van der Waals surface area contributed by atoms with Crippen molar-refractivity contribution in [3.63, 3.8) is 0 Å². The maximum absolute atomic E-state index is 11.6. The van der Waals surface area contributed by atoms with Crippen LogP contribution >= 0.6 is 0 Å². The van der Waals surface area contributed by atoms with Crippen LogP contribution < -0.4 is 11.1 Å². The van der Waals surface area contributed by atoms with E-state index < -0.39 is 0 Å². The molecule has 0 saturated carbocycles. The quantitative estimate of drug-likeness (QED) is 0.785. The lowest BCUT2D eigenvalue weighted by Gasteiger charge is -2.22. The molecule has 0 radical (unpaired) electrons. The van der Waals surface area contributed by atoms with E-state index in [-0.39, 0.29) is 11.4 Å². The van der Waals surface area contributed by atoms with E-state index in [2.05, 4.69) is 5.32 Å². The Morgan fingerprint density at radius 3 is 2.53 bits per heavy atom. The van der Waals surface area contributed by atoms with E-state index >= 15 is 0 Å². The van der Waals surface area contributed by atoms with Gasteiger partial charge in [0, 0.05) is 17.6 Å². The van der Waals surface area contributed by atoms with E-state index in [4.69, 9.17) is 5.73 Å². The smallest absolute Gasteiger partial charge is 0.251 e.